The predicted octanol–water partition coefficient (Wildman–Crippen LogP) is 4.29. The van der Waals surface area contributed by atoms with Crippen LogP contribution in [0.1, 0.15) is 27.4 Å². The molecule has 0 aromatic heterocycles. The lowest BCUT2D eigenvalue weighted by Gasteiger charge is -2.26. The van der Waals surface area contributed by atoms with Gasteiger partial charge in [0.05, 0.1) is 32.8 Å². The lowest BCUT2D eigenvalue weighted by Crippen LogP contribution is -2.21. The zero-order valence-electron chi connectivity index (χ0n) is 19.1. The Bertz CT molecular complexity index is 1340. The van der Waals surface area contributed by atoms with Gasteiger partial charge in [-0.1, -0.05) is 18.2 Å². The summed E-state index contributed by atoms with van der Waals surface area (Å²) in [7, 11) is 4.35. The minimum absolute atomic E-state index is 0.0811. The molecule has 1 aliphatic rings. The molecule has 1 unspecified atom stereocenters. The molecule has 1 aliphatic heterocycles. The van der Waals surface area contributed by atoms with E-state index in [1.807, 2.05) is 0 Å². The second-order valence-electron chi connectivity index (χ2n) is 7.48. The number of ether oxygens (including phenoxy) is 5. The maximum Gasteiger partial charge on any atom is 0.343 e. The lowest BCUT2D eigenvalue weighted by molar-refractivity contribution is 0.0733. The molecule has 0 aliphatic carbocycles. The molecule has 3 aromatic rings. The van der Waals surface area contributed by atoms with Gasteiger partial charge in [0.15, 0.2) is 11.5 Å². The van der Waals surface area contributed by atoms with E-state index >= 15 is 0 Å². The molecule has 0 amide bonds. The van der Waals surface area contributed by atoms with Gasteiger partial charge in [0, 0.05) is 11.6 Å². The number of halogens is 1. The van der Waals surface area contributed by atoms with Crippen molar-refractivity contribution in [3.63, 3.8) is 0 Å². The summed E-state index contributed by atoms with van der Waals surface area (Å²) in [5.74, 6) is -0.266. The lowest BCUT2D eigenvalue weighted by atomic mass is 9.83. The van der Waals surface area contributed by atoms with Crippen LogP contribution in [0.2, 0.25) is 0 Å². The molecular weight excluding hydrogens is 455 g/mol. The van der Waals surface area contributed by atoms with E-state index in [4.69, 9.17) is 29.4 Å². The number of rotatable bonds is 6. The number of benzene rings is 3. The highest BCUT2D eigenvalue weighted by Crippen LogP contribution is 2.44. The fourth-order valence-corrected chi connectivity index (χ4v) is 3.86. The van der Waals surface area contributed by atoms with Crippen LogP contribution in [0.25, 0.3) is 0 Å². The van der Waals surface area contributed by atoms with Gasteiger partial charge in [-0.05, 0) is 35.9 Å². The van der Waals surface area contributed by atoms with Crippen LogP contribution >= 0.6 is 0 Å². The van der Waals surface area contributed by atoms with Gasteiger partial charge in [-0.25, -0.2) is 9.18 Å². The number of nitriles is 1. The summed E-state index contributed by atoms with van der Waals surface area (Å²) in [6.45, 7) is 0. The number of carbonyl (C=O) groups excluding carboxylic acids is 1. The molecule has 8 nitrogen and oxygen atoms in total. The van der Waals surface area contributed by atoms with Crippen LogP contribution in [-0.4, -0.2) is 27.3 Å². The van der Waals surface area contributed by atoms with E-state index in [0.717, 1.165) is 0 Å². The summed E-state index contributed by atoms with van der Waals surface area (Å²) in [5, 5.41) is 9.66. The molecule has 0 fully saturated rings. The predicted molar refractivity (Wildman–Crippen MR) is 123 cm³/mol. The van der Waals surface area contributed by atoms with Gasteiger partial charge in [0.1, 0.15) is 29.0 Å². The van der Waals surface area contributed by atoms with Crippen LogP contribution in [0.4, 0.5) is 4.39 Å². The SMILES string of the molecule is COc1cc(C(=O)Oc2ccc3c(c2)OC(N)=C(C#N)C3c2ccc(F)cc2)cc(OC)c1OC. The molecule has 1 atom stereocenters. The first-order chi connectivity index (χ1) is 16.9. The molecule has 4 rings (SSSR count). The Hall–Kier alpha value is -4.71. The van der Waals surface area contributed by atoms with Crippen molar-refractivity contribution in [2.24, 2.45) is 5.73 Å². The van der Waals surface area contributed by atoms with Crippen molar-refractivity contribution in [2.45, 2.75) is 5.92 Å². The third kappa shape index (κ3) is 4.42. The Kier molecular flexibility index (Phi) is 6.46. The van der Waals surface area contributed by atoms with Crippen molar-refractivity contribution in [1.29, 1.82) is 5.26 Å². The fraction of sp³-hybridized carbons (Fsp3) is 0.154. The molecule has 3 aromatic carbocycles. The minimum Gasteiger partial charge on any atom is -0.493 e. The van der Waals surface area contributed by atoms with Crippen molar-refractivity contribution in [2.75, 3.05) is 21.3 Å². The van der Waals surface area contributed by atoms with Crippen LogP contribution in [0, 0.1) is 17.1 Å². The van der Waals surface area contributed by atoms with Crippen molar-refractivity contribution in [1.82, 2.24) is 0 Å². The molecule has 9 heteroatoms. The van der Waals surface area contributed by atoms with E-state index in [1.165, 1.54) is 51.7 Å². The minimum atomic E-state index is -0.670. The Balaban J connectivity index is 1.67. The first kappa shape index (κ1) is 23.4. The molecule has 0 spiro atoms. The third-order valence-corrected chi connectivity index (χ3v) is 5.50. The summed E-state index contributed by atoms with van der Waals surface area (Å²) < 4.78 is 40.5. The topological polar surface area (TPSA) is 113 Å². The largest absolute Gasteiger partial charge is 0.493 e. The van der Waals surface area contributed by atoms with Gasteiger partial charge in [0.2, 0.25) is 11.6 Å². The normalized spacial score (nSPS) is 14.3. The number of fused-ring (bicyclic) bond motifs is 1. The van der Waals surface area contributed by atoms with Crippen LogP contribution in [-0.2, 0) is 0 Å². The Labute approximate surface area is 200 Å². The Morgan fingerprint density at radius 2 is 1.66 bits per heavy atom. The van der Waals surface area contributed by atoms with Crippen LogP contribution in [0.15, 0.2) is 66.1 Å². The monoisotopic (exact) mass is 476 g/mol. The third-order valence-electron chi connectivity index (χ3n) is 5.50. The number of nitrogens with two attached hydrogens (primary N) is 1. The molecule has 0 bridgehead atoms. The number of carbonyl (C=O) groups is 1. The van der Waals surface area contributed by atoms with Gasteiger partial charge < -0.3 is 29.4 Å². The van der Waals surface area contributed by atoms with Crippen molar-refractivity contribution >= 4 is 5.97 Å². The number of nitrogens with zero attached hydrogens (tertiary/aromatic N) is 1. The quantitative estimate of drug-likeness (QED) is 0.414. The number of esters is 1. The van der Waals surface area contributed by atoms with E-state index < -0.39 is 17.7 Å². The van der Waals surface area contributed by atoms with Crippen LogP contribution in [0.3, 0.4) is 0 Å². The van der Waals surface area contributed by atoms with E-state index in [9.17, 15) is 14.4 Å². The number of hydrogen-bond acceptors (Lipinski definition) is 8. The van der Waals surface area contributed by atoms with E-state index in [2.05, 4.69) is 6.07 Å². The standard InChI is InChI=1S/C26H21FN2O6/c1-31-21-10-15(11-22(32-2)24(21)33-3)26(30)34-17-8-9-18-20(12-17)35-25(29)19(13-28)23(18)14-4-6-16(27)7-5-14/h4-12,23H,29H2,1-3H3. The van der Waals surface area contributed by atoms with Gasteiger partial charge in [-0.2, -0.15) is 5.26 Å². The summed E-state index contributed by atoms with van der Waals surface area (Å²) in [5.41, 5.74) is 7.67. The van der Waals surface area contributed by atoms with Crippen molar-refractivity contribution in [3.05, 3.63) is 88.6 Å². The molecule has 0 saturated carbocycles. The number of allylic oxidation sites excluding steroid dienone is 1. The molecule has 0 radical (unpaired) electrons. The Morgan fingerprint density at radius 3 is 2.23 bits per heavy atom. The highest BCUT2D eigenvalue weighted by molar-refractivity contribution is 5.92. The Morgan fingerprint density at radius 1 is 1.00 bits per heavy atom. The fourth-order valence-electron chi connectivity index (χ4n) is 3.86. The summed E-state index contributed by atoms with van der Waals surface area (Å²) in [6.07, 6.45) is 0. The second-order valence-corrected chi connectivity index (χ2v) is 7.48. The zero-order chi connectivity index (χ0) is 25.1. The first-order valence-corrected chi connectivity index (χ1v) is 10.4. The first-order valence-electron chi connectivity index (χ1n) is 10.4. The maximum absolute atomic E-state index is 13.5. The van der Waals surface area contributed by atoms with Crippen LogP contribution in [0.5, 0.6) is 28.7 Å². The van der Waals surface area contributed by atoms with Gasteiger partial charge in [-0.15, -0.1) is 0 Å². The van der Waals surface area contributed by atoms with Gasteiger partial charge in [0.25, 0.3) is 0 Å². The summed E-state index contributed by atoms with van der Waals surface area (Å²) in [6, 6.07) is 15.6. The molecule has 0 saturated heterocycles. The second kappa shape index (κ2) is 9.65. The van der Waals surface area contributed by atoms with E-state index in [0.29, 0.717) is 34.1 Å². The molecular formula is C26H21FN2O6. The maximum atomic E-state index is 13.5. The molecule has 35 heavy (non-hydrogen) atoms. The number of methoxy groups -OCH3 is 3. The van der Waals surface area contributed by atoms with Gasteiger partial charge >= 0.3 is 5.97 Å². The highest BCUT2D eigenvalue weighted by Gasteiger charge is 2.31. The average molecular weight is 476 g/mol. The smallest absolute Gasteiger partial charge is 0.343 e. The number of hydrogen-bond donors (Lipinski definition) is 1. The molecule has 178 valence electrons. The summed E-state index contributed by atoms with van der Waals surface area (Å²) >= 11 is 0. The zero-order valence-corrected chi connectivity index (χ0v) is 19.1. The van der Waals surface area contributed by atoms with E-state index in [1.54, 1.807) is 24.3 Å². The van der Waals surface area contributed by atoms with Crippen molar-refractivity contribution < 1.29 is 32.9 Å². The van der Waals surface area contributed by atoms with Crippen molar-refractivity contribution in [3.8, 4) is 34.8 Å². The van der Waals surface area contributed by atoms with Gasteiger partial charge in [-0.3, -0.25) is 0 Å². The van der Waals surface area contributed by atoms with Crippen LogP contribution < -0.4 is 29.4 Å². The summed E-state index contributed by atoms with van der Waals surface area (Å²) in [4.78, 5) is 12.9. The molecule has 1 heterocycles. The highest BCUT2D eigenvalue weighted by atomic mass is 19.1. The average Bonchev–Trinajstić information content (AvgIpc) is 2.87. The van der Waals surface area contributed by atoms with E-state index in [-0.39, 0.29) is 22.8 Å². The molecule has 2 N–H and O–H groups in total.